The molecule has 0 bridgehead atoms. The van der Waals surface area contributed by atoms with Crippen molar-refractivity contribution < 1.29 is 62.0 Å². The number of fused-ring (bicyclic) bond motifs is 1. The predicted octanol–water partition coefficient (Wildman–Crippen LogP) is 18.9. The van der Waals surface area contributed by atoms with E-state index in [-0.39, 0.29) is 40.5 Å². The molecule has 0 amide bonds. The summed E-state index contributed by atoms with van der Waals surface area (Å²) >= 11 is 5.72. The molecule has 0 aliphatic rings. The Balaban J connectivity index is 0.000000243. The Kier molecular flexibility index (Phi) is 30.5. The number of hydrogen-bond acceptors (Lipinski definition) is 13. The Hall–Kier alpha value is -10.5. The fourth-order valence-electron chi connectivity index (χ4n) is 9.27. The fraction of sp³-hybridized carbons (Fsp3) is 0.212. The van der Waals surface area contributed by atoms with Crippen LogP contribution in [-0.4, -0.2) is 83.1 Å². The van der Waals surface area contributed by atoms with Gasteiger partial charge in [-0.2, -0.15) is 0 Å². The lowest BCUT2D eigenvalue weighted by molar-refractivity contribution is -0.112. The number of rotatable bonds is 17. The number of carbonyl (C=O) groups excluding carboxylic acids is 7. The van der Waals surface area contributed by atoms with Gasteiger partial charge in [-0.15, -0.1) is 0 Å². The highest BCUT2D eigenvalue weighted by Gasteiger charge is 2.13. The molecule has 0 saturated carbocycles. The summed E-state index contributed by atoms with van der Waals surface area (Å²) in [5, 5.41) is 2.61. The van der Waals surface area contributed by atoms with E-state index in [4.69, 9.17) is 40.0 Å². The molecule has 13 nitrogen and oxygen atoms in total. The van der Waals surface area contributed by atoms with Crippen molar-refractivity contribution in [3.8, 4) is 45.6 Å². The van der Waals surface area contributed by atoms with E-state index in [1.807, 2.05) is 109 Å². The second-order valence-electron chi connectivity index (χ2n) is 21.6. The van der Waals surface area contributed by atoms with Crippen LogP contribution in [0.1, 0.15) is 150 Å². The summed E-state index contributed by atoms with van der Waals surface area (Å²) in [6.45, 7) is 18.7. The van der Waals surface area contributed by atoms with Gasteiger partial charge in [0, 0.05) is 44.5 Å². The van der Waals surface area contributed by atoms with Crippen molar-refractivity contribution in [2.45, 2.75) is 76.2 Å². The third-order valence-electron chi connectivity index (χ3n) is 14.3. The maximum atomic E-state index is 11.2. The van der Waals surface area contributed by atoms with Crippen molar-refractivity contribution >= 4 is 81.1 Å². The van der Waals surface area contributed by atoms with Gasteiger partial charge < -0.3 is 28.4 Å². The summed E-state index contributed by atoms with van der Waals surface area (Å²) in [5.41, 5.74) is 13.6. The lowest BCUT2D eigenvalue weighted by Gasteiger charge is -2.14. The molecule has 0 radical (unpaired) electrons. The highest BCUT2D eigenvalue weighted by Crippen LogP contribution is 2.34. The SMILES string of the molecule is CC(=O)c1cc(C(C)=O)cc(C(C)=O)c1.CC(=O)c1ccc2cc(C(C)=O)ccc2c1.COc1c(C)cc(-c2cc(C)c(OC)c(C)c2)cc1C.COc1ccc(C=CC(C)=O)cc1.COc1ccc(C=Cc2ccc(C(C)=O)cc2)cc1.COc1ccc(Cl)cc1OC. The Morgan fingerprint density at radius 2 is 0.628 bits per heavy atom. The lowest BCUT2D eigenvalue weighted by atomic mass is 9.96. The molecule has 0 atom stereocenters. The van der Waals surface area contributed by atoms with Gasteiger partial charge in [-0.1, -0.05) is 103 Å². The monoisotopic (exact) mass is 1290 g/mol. The van der Waals surface area contributed by atoms with Crippen LogP contribution in [0.25, 0.3) is 40.1 Å². The van der Waals surface area contributed by atoms with Gasteiger partial charge in [0.15, 0.2) is 52.0 Å². The maximum Gasteiger partial charge on any atom is 0.162 e. The van der Waals surface area contributed by atoms with Crippen LogP contribution in [0.4, 0.5) is 0 Å². The minimum atomic E-state index is -0.152. The zero-order chi connectivity index (χ0) is 69.8. The molecule has 14 heteroatoms. The van der Waals surface area contributed by atoms with Crippen LogP contribution < -0.4 is 28.4 Å². The summed E-state index contributed by atoms with van der Waals surface area (Å²) in [6.07, 6.45) is 7.37. The summed E-state index contributed by atoms with van der Waals surface area (Å²) in [5.74, 6) is 4.74. The number of halogens is 1. The highest BCUT2D eigenvalue weighted by molar-refractivity contribution is 6.30. The van der Waals surface area contributed by atoms with E-state index in [1.54, 1.807) is 106 Å². The van der Waals surface area contributed by atoms with Crippen LogP contribution in [0.3, 0.4) is 0 Å². The lowest BCUT2D eigenvalue weighted by Crippen LogP contribution is -2.03. The molecule has 0 saturated heterocycles. The molecule has 0 unspecified atom stereocenters. The fourth-order valence-corrected chi connectivity index (χ4v) is 9.44. The molecule has 0 N–H and O–H groups in total. The van der Waals surface area contributed by atoms with Crippen molar-refractivity contribution in [1.29, 1.82) is 0 Å². The smallest absolute Gasteiger partial charge is 0.162 e. The number of ketones is 7. The van der Waals surface area contributed by atoms with Gasteiger partial charge in [0.2, 0.25) is 0 Å². The molecule has 0 aliphatic heterocycles. The van der Waals surface area contributed by atoms with Gasteiger partial charge in [0.05, 0.1) is 42.7 Å². The van der Waals surface area contributed by atoms with E-state index in [1.165, 1.54) is 57.0 Å². The first-order valence-electron chi connectivity index (χ1n) is 29.8. The molecule has 94 heavy (non-hydrogen) atoms. The average molecular weight is 1290 g/mol. The van der Waals surface area contributed by atoms with Crippen LogP contribution in [0, 0.1) is 27.7 Å². The number of ether oxygens (including phenoxy) is 6. The first-order valence-corrected chi connectivity index (χ1v) is 30.2. The van der Waals surface area contributed by atoms with Crippen LogP contribution in [0.2, 0.25) is 5.02 Å². The standard InChI is InChI=1S/C18H22O2.C17H16O2.C14H12O2.C12H12O3.C11H12O2.C8H9ClO2/c1-11-7-15(8-12(2)17(11)19-5)16-9-13(3)18(20-6)14(4)10-16;1-13(18)16-9-5-14(6-10-16)3-4-15-7-11-17(19-2)12-8-15;1-9(15)11-3-5-14-8-12(10(2)16)4-6-13(14)7-11;1-7(13)10-4-11(8(2)14)6-12(5-10)9(3)15;1-9(12)3-4-10-5-7-11(13-2)8-6-10;1-10-7-4-3-6(9)5-8(7)11-2/h7-10H,1-6H3;3-12H,1-2H3;3-8H,1-2H3;4-6H,1-3H3;3-8H,1-2H3;3-5H,1-2H3. The summed E-state index contributed by atoms with van der Waals surface area (Å²) in [7, 11) is 9.88. The number of carbonyl (C=O) groups is 7. The van der Waals surface area contributed by atoms with E-state index < -0.39 is 0 Å². The van der Waals surface area contributed by atoms with Crippen LogP contribution in [0.5, 0.6) is 34.5 Å². The molecule has 0 spiro atoms. The molecule has 0 heterocycles. The second-order valence-corrected chi connectivity index (χ2v) is 22.1. The van der Waals surface area contributed by atoms with Gasteiger partial charge in [-0.25, -0.2) is 0 Å². The van der Waals surface area contributed by atoms with Gasteiger partial charge >= 0.3 is 0 Å². The summed E-state index contributed by atoms with van der Waals surface area (Å²) in [4.78, 5) is 77.7. The van der Waals surface area contributed by atoms with E-state index in [0.717, 1.165) is 78.3 Å². The van der Waals surface area contributed by atoms with Gasteiger partial charge in [-0.3, -0.25) is 33.6 Å². The molecular formula is C80H83ClO13. The first-order chi connectivity index (χ1) is 44.6. The summed E-state index contributed by atoms with van der Waals surface area (Å²) in [6, 6.07) is 52.4. The summed E-state index contributed by atoms with van der Waals surface area (Å²) < 4.78 is 31.0. The average Bonchev–Trinajstić information content (AvgIpc) is 0.828. The van der Waals surface area contributed by atoms with Crippen molar-refractivity contribution in [2.24, 2.45) is 0 Å². The van der Waals surface area contributed by atoms with Crippen molar-refractivity contribution in [3.05, 3.63) is 253 Å². The number of allylic oxidation sites excluding steroid dienone is 1. The molecule has 9 rings (SSSR count). The number of hydrogen-bond donors (Lipinski definition) is 0. The molecule has 488 valence electrons. The second kappa shape index (κ2) is 37.7. The zero-order valence-corrected chi connectivity index (χ0v) is 57.4. The predicted molar refractivity (Wildman–Crippen MR) is 380 cm³/mol. The molecular weight excluding hydrogens is 1200 g/mol. The van der Waals surface area contributed by atoms with Crippen molar-refractivity contribution in [1.82, 2.24) is 0 Å². The van der Waals surface area contributed by atoms with E-state index in [0.29, 0.717) is 44.3 Å². The molecule has 9 aromatic carbocycles. The largest absolute Gasteiger partial charge is 0.497 e. The minimum Gasteiger partial charge on any atom is -0.497 e. The quantitative estimate of drug-likeness (QED) is 0.0479. The number of benzene rings is 9. The number of aryl methyl sites for hydroxylation is 4. The normalized spacial score (nSPS) is 10.2. The van der Waals surface area contributed by atoms with Gasteiger partial charge in [0.25, 0.3) is 0 Å². The molecule has 0 aliphatic carbocycles. The number of Topliss-reactive ketones (excluding diaryl/α,β-unsaturated/α-hetero) is 6. The Morgan fingerprint density at radius 3 is 0.926 bits per heavy atom. The maximum absolute atomic E-state index is 11.2. The minimum absolute atomic E-state index is 0.0517. The van der Waals surface area contributed by atoms with Crippen LogP contribution in [-0.2, 0) is 4.79 Å². The van der Waals surface area contributed by atoms with Crippen molar-refractivity contribution in [3.63, 3.8) is 0 Å². The van der Waals surface area contributed by atoms with Gasteiger partial charge in [-0.05, 0) is 234 Å². The first kappa shape index (κ1) is 76.0. The Bertz CT molecular complexity index is 3940. The highest BCUT2D eigenvalue weighted by atomic mass is 35.5. The molecule has 9 aromatic rings. The Morgan fingerprint density at radius 1 is 0.309 bits per heavy atom. The topological polar surface area (TPSA) is 175 Å². The Labute approximate surface area is 557 Å². The van der Waals surface area contributed by atoms with Gasteiger partial charge in [0.1, 0.15) is 23.0 Å². The van der Waals surface area contributed by atoms with Crippen molar-refractivity contribution in [2.75, 3.05) is 42.7 Å². The third kappa shape index (κ3) is 23.9. The van der Waals surface area contributed by atoms with E-state index >= 15 is 0 Å². The van der Waals surface area contributed by atoms with E-state index in [2.05, 4.69) is 52.0 Å². The third-order valence-corrected chi connectivity index (χ3v) is 14.6. The van der Waals surface area contributed by atoms with Crippen LogP contribution >= 0.6 is 11.6 Å². The number of methoxy groups -OCH3 is 6. The van der Waals surface area contributed by atoms with E-state index in [9.17, 15) is 33.6 Å². The molecule has 0 aromatic heterocycles. The molecule has 0 fully saturated rings. The zero-order valence-electron chi connectivity index (χ0n) is 56.7. The van der Waals surface area contributed by atoms with Crippen LogP contribution in [0.15, 0.2) is 176 Å².